The van der Waals surface area contributed by atoms with Gasteiger partial charge in [-0.3, -0.25) is 4.79 Å². The van der Waals surface area contributed by atoms with Crippen molar-refractivity contribution in [3.8, 4) is 0 Å². The molecule has 0 aromatic heterocycles. The number of unbranched alkanes of at least 4 members (excludes halogenated alkanes) is 53. The van der Waals surface area contributed by atoms with Crippen LogP contribution >= 0.6 is 0 Å². The lowest BCUT2D eigenvalue weighted by atomic mass is 10.0. The zero-order valence-electron chi connectivity index (χ0n) is 50.5. The summed E-state index contributed by atoms with van der Waals surface area (Å²) in [5.74, 6) is -0.317. The number of hydrogen-bond donors (Lipinski definition) is 4. The average Bonchev–Trinajstić information content (AvgIpc) is 3.40. The zero-order chi connectivity index (χ0) is 53.6. The summed E-state index contributed by atoms with van der Waals surface area (Å²) in [5, 5.41) is 33.6. The van der Waals surface area contributed by atoms with Crippen LogP contribution < -0.4 is 5.32 Å². The molecule has 1 amide bonds. The molecule has 440 valence electrons. The highest BCUT2D eigenvalue weighted by Gasteiger charge is 2.20. The fourth-order valence-corrected chi connectivity index (χ4v) is 11.1. The van der Waals surface area contributed by atoms with Crippen LogP contribution in [0.25, 0.3) is 0 Å². The number of hydrogen-bond acceptors (Lipinski definition) is 4. The molecule has 3 unspecified atom stereocenters. The van der Waals surface area contributed by atoms with Crippen molar-refractivity contribution in [2.45, 2.75) is 405 Å². The van der Waals surface area contributed by atoms with Crippen LogP contribution in [0.5, 0.6) is 0 Å². The first-order valence-corrected chi connectivity index (χ1v) is 34.1. The number of carbonyl (C=O) groups is 1. The molecule has 74 heavy (non-hydrogen) atoms. The fraction of sp³-hybridized carbons (Fsp3) is 0.928. The van der Waals surface area contributed by atoms with E-state index in [9.17, 15) is 20.1 Å². The molecule has 4 N–H and O–H groups in total. The van der Waals surface area contributed by atoms with E-state index in [1.165, 1.54) is 327 Å². The molecule has 0 aromatic rings. The van der Waals surface area contributed by atoms with Crippen molar-refractivity contribution in [2.75, 3.05) is 6.61 Å². The van der Waals surface area contributed by atoms with Gasteiger partial charge in [0.1, 0.15) is 0 Å². The predicted molar refractivity (Wildman–Crippen MR) is 328 cm³/mol. The molecule has 0 rings (SSSR count). The van der Waals surface area contributed by atoms with E-state index in [0.29, 0.717) is 6.42 Å². The minimum Gasteiger partial charge on any atom is -0.394 e. The van der Waals surface area contributed by atoms with Gasteiger partial charge in [0.05, 0.1) is 31.3 Å². The van der Waals surface area contributed by atoms with E-state index < -0.39 is 18.2 Å². The highest BCUT2D eigenvalue weighted by molar-refractivity contribution is 5.76. The van der Waals surface area contributed by atoms with E-state index in [0.717, 1.165) is 32.1 Å². The minimum atomic E-state index is -0.951. The molecular weight excluding hydrogens is 907 g/mol. The highest BCUT2D eigenvalue weighted by atomic mass is 16.3. The van der Waals surface area contributed by atoms with E-state index in [1.54, 1.807) is 6.08 Å². The molecule has 5 nitrogen and oxygen atoms in total. The summed E-state index contributed by atoms with van der Waals surface area (Å²) >= 11 is 0. The summed E-state index contributed by atoms with van der Waals surface area (Å²) in [7, 11) is 0. The minimum absolute atomic E-state index is 0.0108. The van der Waals surface area contributed by atoms with Gasteiger partial charge in [-0.25, -0.2) is 0 Å². The van der Waals surface area contributed by atoms with Gasteiger partial charge in [-0.2, -0.15) is 0 Å². The van der Waals surface area contributed by atoms with Crippen LogP contribution in [-0.4, -0.2) is 46.1 Å². The third-order valence-corrected chi connectivity index (χ3v) is 16.2. The molecule has 0 bridgehead atoms. The molecule has 0 saturated carbocycles. The normalized spacial score (nSPS) is 13.2. The summed E-state index contributed by atoms with van der Waals surface area (Å²) in [4.78, 5) is 12.6. The van der Waals surface area contributed by atoms with E-state index in [1.807, 2.05) is 6.08 Å². The number of aliphatic hydroxyl groups is 3. The SMILES string of the molecule is CCCCCCCCCCCCCCCCCCCC/C=C/CC/C=C/C(O)C(CO)NC(=O)CC(O)CCCCCCCCCCCCCCCCCCCCCCCCCCCCCCCCCCCCC. The fourth-order valence-electron chi connectivity index (χ4n) is 11.1. The van der Waals surface area contributed by atoms with Gasteiger partial charge in [0.25, 0.3) is 0 Å². The van der Waals surface area contributed by atoms with E-state index in [4.69, 9.17) is 0 Å². The predicted octanol–water partition coefficient (Wildman–Crippen LogP) is 22.0. The van der Waals surface area contributed by atoms with Gasteiger partial charge in [-0.1, -0.05) is 372 Å². The van der Waals surface area contributed by atoms with Crippen LogP contribution in [0.15, 0.2) is 24.3 Å². The Labute approximate surface area is 464 Å². The number of rotatable bonds is 64. The van der Waals surface area contributed by atoms with Crippen molar-refractivity contribution < 1.29 is 20.1 Å². The van der Waals surface area contributed by atoms with Crippen molar-refractivity contribution in [1.29, 1.82) is 0 Å². The third-order valence-electron chi connectivity index (χ3n) is 16.2. The van der Waals surface area contributed by atoms with Crippen molar-refractivity contribution in [3.63, 3.8) is 0 Å². The van der Waals surface area contributed by atoms with Gasteiger partial charge >= 0.3 is 0 Å². The Kier molecular flexibility index (Phi) is 63.3. The molecular formula is C69H135NO4. The third kappa shape index (κ3) is 60.1. The maximum absolute atomic E-state index is 12.6. The first kappa shape index (κ1) is 72.8. The molecule has 0 aliphatic carbocycles. The quantitative estimate of drug-likeness (QED) is 0.0361. The molecule has 0 radical (unpaired) electrons. The second-order valence-electron chi connectivity index (χ2n) is 23.8. The largest absolute Gasteiger partial charge is 0.394 e. The van der Waals surface area contributed by atoms with Crippen molar-refractivity contribution in [3.05, 3.63) is 24.3 Å². The lowest BCUT2D eigenvalue weighted by Crippen LogP contribution is -2.45. The van der Waals surface area contributed by atoms with Gasteiger partial charge in [0.15, 0.2) is 0 Å². The van der Waals surface area contributed by atoms with Crippen molar-refractivity contribution in [2.24, 2.45) is 0 Å². The van der Waals surface area contributed by atoms with E-state index >= 15 is 0 Å². The number of aliphatic hydroxyl groups excluding tert-OH is 3. The van der Waals surface area contributed by atoms with Crippen LogP contribution in [0.4, 0.5) is 0 Å². The van der Waals surface area contributed by atoms with Crippen LogP contribution in [0.3, 0.4) is 0 Å². The molecule has 0 aliphatic heterocycles. The zero-order valence-corrected chi connectivity index (χ0v) is 50.5. The monoisotopic (exact) mass is 1040 g/mol. The Balaban J connectivity index is 3.48. The summed E-state index contributed by atoms with van der Waals surface area (Å²) in [6, 6.07) is -0.760. The Morgan fingerprint density at radius 3 is 0.865 bits per heavy atom. The number of nitrogens with one attached hydrogen (secondary N) is 1. The van der Waals surface area contributed by atoms with E-state index in [2.05, 4.69) is 31.3 Å². The van der Waals surface area contributed by atoms with Crippen molar-refractivity contribution >= 4 is 5.91 Å². The maximum atomic E-state index is 12.6. The second kappa shape index (κ2) is 64.4. The molecule has 0 aromatic carbocycles. The molecule has 0 spiro atoms. The van der Waals surface area contributed by atoms with Gasteiger partial charge in [-0.15, -0.1) is 0 Å². The van der Waals surface area contributed by atoms with Gasteiger partial charge in [0, 0.05) is 0 Å². The Morgan fingerprint density at radius 1 is 0.338 bits per heavy atom. The van der Waals surface area contributed by atoms with Crippen LogP contribution in [-0.2, 0) is 4.79 Å². The molecule has 0 aliphatic rings. The molecule has 0 fully saturated rings. The summed E-state index contributed by atoms with van der Waals surface area (Å²) in [6.45, 7) is 4.26. The van der Waals surface area contributed by atoms with Crippen LogP contribution in [0, 0.1) is 0 Å². The second-order valence-corrected chi connectivity index (χ2v) is 23.8. The first-order chi connectivity index (χ1) is 36.5. The Bertz CT molecular complexity index is 1110. The van der Waals surface area contributed by atoms with Crippen molar-refractivity contribution in [1.82, 2.24) is 5.32 Å². The Morgan fingerprint density at radius 2 is 0.581 bits per heavy atom. The average molecular weight is 1040 g/mol. The number of amides is 1. The summed E-state index contributed by atoms with van der Waals surface area (Å²) < 4.78 is 0. The molecule has 5 heteroatoms. The van der Waals surface area contributed by atoms with Gasteiger partial charge in [-0.05, 0) is 32.1 Å². The van der Waals surface area contributed by atoms with Crippen LogP contribution in [0.2, 0.25) is 0 Å². The van der Waals surface area contributed by atoms with Gasteiger partial charge < -0.3 is 20.6 Å². The smallest absolute Gasteiger partial charge is 0.222 e. The molecule has 3 atom stereocenters. The van der Waals surface area contributed by atoms with E-state index in [-0.39, 0.29) is 18.9 Å². The first-order valence-electron chi connectivity index (χ1n) is 34.1. The summed E-state index contributed by atoms with van der Waals surface area (Å²) in [5.41, 5.74) is 0. The molecule has 0 heterocycles. The Hall–Kier alpha value is -1.17. The lowest BCUT2D eigenvalue weighted by Gasteiger charge is -2.21. The maximum Gasteiger partial charge on any atom is 0.222 e. The topological polar surface area (TPSA) is 89.8 Å². The summed E-state index contributed by atoms with van der Waals surface area (Å²) in [6.07, 6.45) is 84.3. The standard InChI is InChI=1S/C69H135NO4/c1-3-5-7-9-11-13-15-17-19-21-23-25-27-29-30-31-32-33-34-35-36-37-38-39-40-42-44-46-48-50-52-54-56-58-60-62-66(72)64-69(74)70-67(65-71)68(73)63-61-59-57-55-53-51-49-47-45-43-41-28-26-24-22-20-18-16-14-12-10-8-6-4-2/h53,55,61,63,66-68,71-73H,3-52,54,56-60,62,64-65H2,1-2H3,(H,70,74)/b55-53+,63-61+. The number of allylic oxidation sites excluding steroid dienone is 3. The molecule has 0 saturated heterocycles. The number of carbonyl (C=O) groups excluding carboxylic acids is 1. The highest BCUT2D eigenvalue weighted by Crippen LogP contribution is 2.19. The lowest BCUT2D eigenvalue weighted by molar-refractivity contribution is -0.124. The van der Waals surface area contributed by atoms with Gasteiger partial charge in [0.2, 0.25) is 5.91 Å². The van der Waals surface area contributed by atoms with Crippen LogP contribution in [0.1, 0.15) is 386 Å².